The zero-order valence-corrected chi connectivity index (χ0v) is 12.2. The molecule has 100 valence electrons. The third kappa shape index (κ3) is 3.97. The van der Waals surface area contributed by atoms with Gasteiger partial charge in [-0.3, -0.25) is 0 Å². The second-order valence-electron chi connectivity index (χ2n) is 5.55. The van der Waals surface area contributed by atoms with E-state index in [1.807, 2.05) is 24.3 Å². The van der Waals surface area contributed by atoms with Crippen LogP contribution in [0, 0.1) is 0 Å². The van der Waals surface area contributed by atoms with Crippen molar-refractivity contribution in [2.24, 2.45) is 0 Å². The molecule has 1 aromatic heterocycles. The molecule has 0 atom stereocenters. The van der Waals surface area contributed by atoms with E-state index in [0.29, 0.717) is 11.8 Å². The van der Waals surface area contributed by atoms with Crippen molar-refractivity contribution in [1.29, 1.82) is 0 Å². The van der Waals surface area contributed by atoms with Crippen LogP contribution >= 0.6 is 11.6 Å². The lowest BCUT2D eigenvalue weighted by Crippen LogP contribution is -2.10. The number of nitrogens with zero attached hydrogens (tertiary/aromatic N) is 1. The highest BCUT2D eigenvalue weighted by Crippen LogP contribution is 2.26. The van der Waals surface area contributed by atoms with Crippen LogP contribution in [0.4, 0.5) is 0 Å². The summed E-state index contributed by atoms with van der Waals surface area (Å²) in [4.78, 5) is 3.95. The fourth-order valence-electron chi connectivity index (χ4n) is 1.75. The SMILES string of the molecule is CC(C)(C)c1cccc(OCc2ccnc(Cl)c2)c1. The predicted octanol–water partition coefficient (Wildman–Crippen LogP) is 4.61. The molecule has 0 amide bonds. The molecule has 0 aliphatic heterocycles. The summed E-state index contributed by atoms with van der Waals surface area (Å²) in [7, 11) is 0. The molecule has 2 aromatic rings. The van der Waals surface area contributed by atoms with Gasteiger partial charge in [-0.1, -0.05) is 44.5 Å². The normalized spacial score (nSPS) is 11.4. The van der Waals surface area contributed by atoms with Crippen LogP contribution in [0.25, 0.3) is 0 Å². The molecule has 0 fully saturated rings. The summed E-state index contributed by atoms with van der Waals surface area (Å²) in [6, 6.07) is 11.9. The number of halogens is 1. The number of hydrogen-bond acceptors (Lipinski definition) is 2. The molecule has 2 rings (SSSR count). The van der Waals surface area contributed by atoms with Crippen LogP contribution in [0.3, 0.4) is 0 Å². The van der Waals surface area contributed by atoms with Crippen LogP contribution in [-0.4, -0.2) is 4.98 Å². The highest BCUT2D eigenvalue weighted by atomic mass is 35.5. The van der Waals surface area contributed by atoms with Crippen molar-refractivity contribution in [3.8, 4) is 5.75 Å². The van der Waals surface area contributed by atoms with Crippen LogP contribution in [0.5, 0.6) is 5.75 Å². The Morgan fingerprint density at radius 2 is 1.95 bits per heavy atom. The minimum Gasteiger partial charge on any atom is -0.489 e. The highest BCUT2D eigenvalue weighted by molar-refractivity contribution is 6.29. The van der Waals surface area contributed by atoms with Crippen molar-refractivity contribution < 1.29 is 4.74 Å². The summed E-state index contributed by atoms with van der Waals surface area (Å²) in [6.07, 6.45) is 1.69. The summed E-state index contributed by atoms with van der Waals surface area (Å²) in [5, 5.41) is 0.490. The van der Waals surface area contributed by atoms with Crippen molar-refractivity contribution in [2.45, 2.75) is 32.8 Å². The van der Waals surface area contributed by atoms with Crippen molar-refractivity contribution >= 4 is 11.6 Å². The Morgan fingerprint density at radius 3 is 2.63 bits per heavy atom. The molecule has 0 aliphatic rings. The van der Waals surface area contributed by atoms with E-state index in [1.165, 1.54) is 5.56 Å². The minimum atomic E-state index is 0.124. The molecule has 3 heteroatoms. The second kappa shape index (κ2) is 5.62. The van der Waals surface area contributed by atoms with E-state index >= 15 is 0 Å². The third-order valence-corrected chi connectivity index (χ3v) is 3.10. The summed E-state index contributed by atoms with van der Waals surface area (Å²) < 4.78 is 5.80. The van der Waals surface area contributed by atoms with Gasteiger partial charge in [-0.2, -0.15) is 0 Å². The maximum absolute atomic E-state index is 5.84. The van der Waals surface area contributed by atoms with Gasteiger partial charge in [-0.25, -0.2) is 4.98 Å². The molecule has 2 nitrogen and oxygen atoms in total. The molecular weight excluding hydrogens is 258 g/mol. The Balaban J connectivity index is 2.08. The van der Waals surface area contributed by atoms with Crippen molar-refractivity contribution in [2.75, 3.05) is 0 Å². The topological polar surface area (TPSA) is 22.1 Å². The third-order valence-electron chi connectivity index (χ3n) is 2.90. The van der Waals surface area contributed by atoms with Gasteiger partial charge in [0.15, 0.2) is 0 Å². The Labute approximate surface area is 119 Å². The fraction of sp³-hybridized carbons (Fsp3) is 0.312. The Kier molecular flexibility index (Phi) is 4.11. The number of rotatable bonds is 3. The average molecular weight is 276 g/mol. The Morgan fingerprint density at radius 1 is 1.16 bits per heavy atom. The summed E-state index contributed by atoms with van der Waals surface area (Å²) >= 11 is 5.84. The first-order valence-corrected chi connectivity index (χ1v) is 6.67. The minimum absolute atomic E-state index is 0.124. The molecule has 0 saturated heterocycles. The lowest BCUT2D eigenvalue weighted by Gasteiger charge is -2.19. The van der Waals surface area contributed by atoms with Gasteiger partial charge in [0, 0.05) is 6.20 Å². The molecule has 0 spiro atoms. The van der Waals surface area contributed by atoms with E-state index in [-0.39, 0.29) is 5.41 Å². The molecule has 0 saturated carbocycles. The molecule has 0 unspecified atom stereocenters. The maximum atomic E-state index is 5.84. The quantitative estimate of drug-likeness (QED) is 0.763. The molecule has 1 aromatic carbocycles. The number of benzene rings is 1. The first-order valence-electron chi connectivity index (χ1n) is 6.29. The predicted molar refractivity (Wildman–Crippen MR) is 78.7 cm³/mol. The molecule has 0 N–H and O–H groups in total. The van der Waals surface area contributed by atoms with Crippen molar-refractivity contribution in [1.82, 2.24) is 4.98 Å². The number of pyridine rings is 1. The molecular formula is C16H18ClNO. The standard InChI is InChI=1S/C16H18ClNO/c1-16(2,3)13-5-4-6-14(10-13)19-11-12-7-8-18-15(17)9-12/h4-10H,11H2,1-3H3. The monoisotopic (exact) mass is 275 g/mol. The molecule has 19 heavy (non-hydrogen) atoms. The molecule has 0 aliphatic carbocycles. The maximum Gasteiger partial charge on any atom is 0.129 e. The van der Waals surface area contributed by atoms with Crippen molar-refractivity contribution in [3.05, 3.63) is 58.9 Å². The van der Waals surface area contributed by atoms with Gasteiger partial charge in [0.1, 0.15) is 17.5 Å². The largest absolute Gasteiger partial charge is 0.489 e. The lowest BCUT2D eigenvalue weighted by molar-refractivity contribution is 0.305. The van der Waals surface area contributed by atoms with Gasteiger partial charge in [-0.05, 0) is 40.8 Å². The Bertz CT molecular complexity index is 561. The Hall–Kier alpha value is -1.54. The second-order valence-corrected chi connectivity index (χ2v) is 5.94. The average Bonchev–Trinajstić information content (AvgIpc) is 2.36. The van der Waals surface area contributed by atoms with Crippen LogP contribution in [0.2, 0.25) is 5.15 Å². The van der Waals surface area contributed by atoms with Crippen LogP contribution in [0.15, 0.2) is 42.6 Å². The summed E-state index contributed by atoms with van der Waals surface area (Å²) in [6.45, 7) is 7.06. The molecule has 0 bridgehead atoms. The lowest BCUT2D eigenvalue weighted by atomic mass is 9.87. The zero-order chi connectivity index (χ0) is 13.9. The first kappa shape index (κ1) is 13.9. The summed E-state index contributed by atoms with van der Waals surface area (Å²) in [5.41, 5.74) is 2.40. The van der Waals surface area contributed by atoms with Crippen LogP contribution in [-0.2, 0) is 12.0 Å². The number of hydrogen-bond donors (Lipinski definition) is 0. The van der Waals surface area contributed by atoms with Crippen LogP contribution in [0.1, 0.15) is 31.9 Å². The van der Waals surface area contributed by atoms with Gasteiger partial charge in [0.25, 0.3) is 0 Å². The van der Waals surface area contributed by atoms with Gasteiger partial charge in [0.2, 0.25) is 0 Å². The van der Waals surface area contributed by atoms with Gasteiger partial charge < -0.3 is 4.74 Å². The first-order chi connectivity index (χ1) is 8.95. The van der Waals surface area contributed by atoms with Gasteiger partial charge in [0.05, 0.1) is 0 Å². The summed E-state index contributed by atoms with van der Waals surface area (Å²) in [5.74, 6) is 0.875. The van der Waals surface area contributed by atoms with Gasteiger partial charge >= 0.3 is 0 Å². The van der Waals surface area contributed by atoms with Gasteiger partial charge in [-0.15, -0.1) is 0 Å². The number of ether oxygens (including phenoxy) is 1. The van der Waals surface area contributed by atoms with Crippen LogP contribution < -0.4 is 4.74 Å². The number of aromatic nitrogens is 1. The van der Waals surface area contributed by atoms with E-state index in [4.69, 9.17) is 16.3 Å². The van der Waals surface area contributed by atoms with E-state index in [1.54, 1.807) is 6.20 Å². The highest BCUT2D eigenvalue weighted by Gasteiger charge is 2.13. The van der Waals surface area contributed by atoms with E-state index in [2.05, 4.69) is 37.9 Å². The van der Waals surface area contributed by atoms with E-state index in [9.17, 15) is 0 Å². The smallest absolute Gasteiger partial charge is 0.129 e. The van der Waals surface area contributed by atoms with Crippen molar-refractivity contribution in [3.63, 3.8) is 0 Å². The van der Waals surface area contributed by atoms with E-state index < -0.39 is 0 Å². The molecule has 1 heterocycles. The van der Waals surface area contributed by atoms with E-state index in [0.717, 1.165) is 11.3 Å². The fourth-order valence-corrected chi connectivity index (χ4v) is 1.95. The zero-order valence-electron chi connectivity index (χ0n) is 11.5. The molecule has 0 radical (unpaired) electrons.